The van der Waals surface area contributed by atoms with Gasteiger partial charge in [-0.25, -0.2) is 4.39 Å². The van der Waals surface area contributed by atoms with Gasteiger partial charge in [-0.1, -0.05) is 6.07 Å². The number of nitrogens with one attached hydrogen (secondary N) is 2. The van der Waals surface area contributed by atoms with Gasteiger partial charge in [0.05, 0.1) is 10.9 Å². The number of hydrogen-bond donors (Lipinski definition) is 2. The number of rotatable bonds is 2. The van der Waals surface area contributed by atoms with Gasteiger partial charge in [0.1, 0.15) is 5.82 Å². The van der Waals surface area contributed by atoms with E-state index in [4.69, 9.17) is 0 Å². The molecule has 0 aromatic heterocycles. The summed E-state index contributed by atoms with van der Waals surface area (Å²) < 4.78 is 13.3. The Kier molecular flexibility index (Phi) is 4.09. The molecule has 118 valence electrons. The van der Waals surface area contributed by atoms with Gasteiger partial charge in [0.15, 0.2) is 0 Å². The third-order valence-corrected chi connectivity index (χ3v) is 4.80. The van der Waals surface area contributed by atoms with Crippen LogP contribution in [-0.4, -0.2) is 17.1 Å². The molecule has 1 atom stereocenters. The standard InChI is InChI=1S/C17H15FN2O2S/c1-9-3-5-12(18)8-13(9)19-17(22)11-4-6-15-14(7-11)20-16(21)10(2)23-15/h3-8,10H,1-2H3,(H,19,22)(H,20,21). The molecule has 0 saturated carbocycles. The summed E-state index contributed by atoms with van der Waals surface area (Å²) in [6.45, 7) is 3.62. The highest BCUT2D eigenvalue weighted by molar-refractivity contribution is 8.00. The van der Waals surface area contributed by atoms with Gasteiger partial charge in [-0.3, -0.25) is 9.59 Å². The molecule has 0 radical (unpaired) electrons. The fourth-order valence-electron chi connectivity index (χ4n) is 2.27. The Bertz CT molecular complexity index is 807. The van der Waals surface area contributed by atoms with Gasteiger partial charge in [0.25, 0.3) is 5.91 Å². The molecule has 0 saturated heterocycles. The van der Waals surface area contributed by atoms with E-state index in [1.54, 1.807) is 25.1 Å². The van der Waals surface area contributed by atoms with Crippen molar-refractivity contribution in [3.8, 4) is 0 Å². The molecule has 6 heteroatoms. The number of thioether (sulfide) groups is 1. The Morgan fingerprint density at radius 2 is 2.04 bits per heavy atom. The normalized spacial score (nSPS) is 16.5. The van der Waals surface area contributed by atoms with E-state index < -0.39 is 5.82 Å². The van der Waals surface area contributed by atoms with Gasteiger partial charge in [-0.2, -0.15) is 0 Å². The average Bonchev–Trinajstić information content (AvgIpc) is 2.51. The maximum absolute atomic E-state index is 13.3. The molecule has 0 fully saturated rings. The molecular weight excluding hydrogens is 315 g/mol. The first kappa shape index (κ1) is 15.6. The lowest BCUT2D eigenvalue weighted by Crippen LogP contribution is -2.26. The Labute approximate surface area is 137 Å². The zero-order valence-electron chi connectivity index (χ0n) is 12.6. The van der Waals surface area contributed by atoms with E-state index in [0.717, 1.165) is 10.5 Å². The molecule has 0 spiro atoms. The molecule has 2 aromatic carbocycles. The quantitative estimate of drug-likeness (QED) is 0.880. The molecule has 0 bridgehead atoms. The molecule has 1 aliphatic heterocycles. The summed E-state index contributed by atoms with van der Waals surface area (Å²) in [5.41, 5.74) is 2.24. The first-order valence-corrected chi connectivity index (χ1v) is 8.01. The van der Waals surface area contributed by atoms with Crippen LogP contribution in [0, 0.1) is 12.7 Å². The monoisotopic (exact) mass is 330 g/mol. The first-order valence-electron chi connectivity index (χ1n) is 7.13. The number of carbonyl (C=O) groups excluding carboxylic acids is 2. The van der Waals surface area contributed by atoms with Gasteiger partial charge in [-0.05, 0) is 49.7 Å². The minimum absolute atomic E-state index is 0.0824. The molecule has 0 aliphatic carbocycles. The minimum Gasteiger partial charge on any atom is -0.324 e. The van der Waals surface area contributed by atoms with Crippen molar-refractivity contribution in [3.63, 3.8) is 0 Å². The van der Waals surface area contributed by atoms with Gasteiger partial charge < -0.3 is 10.6 Å². The lowest BCUT2D eigenvalue weighted by Gasteiger charge is -2.21. The maximum atomic E-state index is 13.3. The van der Waals surface area contributed by atoms with Gasteiger partial charge >= 0.3 is 0 Å². The summed E-state index contributed by atoms with van der Waals surface area (Å²) in [4.78, 5) is 25.0. The second-order valence-corrected chi connectivity index (χ2v) is 6.76. The Balaban J connectivity index is 1.85. The van der Waals surface area contributed by atoms with Crippen molar-refractivity contribution >= 4 is 35.0 Å². The van der Waals surface area contributed by atoms with E-state index in [2.05, 4.69) is 10.6 Å². The minimum atomic E-state index is -0.408. The Morgan fingerprint density at radius 3 is 2.83 bits per heavy atom. The van der Waals surface area contributed by atoms with Crippen molar-refractivity contribution in [1.29, 1.82) is 0 Å². The summed E-state index contributed by atoms with van der Waals surface area (Å²) in [6.07, 6.45) is 0. The zero-order valence-corrected chi connectivity index (χ0v) is 13.5. The maximum Gasteiger partial charge on any atom is 0.255 e. The highest BCUT2D eigenvalue weighted by Crippen LogP contribution is 2.36. The van der Waals surface area contributed by atoms with Crippen LogP contribution in [0.2, 0.25) is 0 Å². The molecule has 3 rings (SSSR count). The topological polar surface area (TPSA) is 58.2 Å². The second-order valence-electron chi connectivity index (χ2n) is 5.37. The first-order chi connectivity index (χ1) is 10.9. The Morgan fingerprint density at radius 1 is 1.26 bits per heavy atom. The molecule has 4 nitrogen and oxygen atoms in total. The van der Waals surface area contributed by atoms with E-state index in [1.165, 1.54) is 23.9 Å². The highest BCUT2D eigenvalue weighted by atomic mass is 32.2. The van der Waals surface area contributed by atoms with Crippen LogP contribution < -0.4 is 10.6 Å². The third-order valence-electron chi connectivity index (χ3n) is 3.62. The van der Waals surface area contributed by atoms with Crippen molar-refractivity contribution < 1.29 is 14.0 Å². The number of anilines is 2. The highest BCUT2D eigenvalue weighted by Gasteiger charge is 2.23. The van der Waals surface area contributed by atoms with Gasteiger partial charge in [0.2, 0.25) is 5.91 Å². The number of amides is 2. The van der Waals surface area contributed by atoms with Crippen molar-refractivity contribution in [2.45, 2.75) is 24.0 Å². The van der Waals surface area contributed by atoms with Crippen LogP contribution in [0.4, 0.5) is 15.8 Å². The van der Waals surface area contributed by atoms with Crippen LogP contribution in [0.3, 0.4) is 0 Å². The number of halogens is 1. The number of hydrogen-bond acceptors (Lipinski definition) is 3. The summed E-state index contributed by atoms with van der Waals surface area (Å²) in [5, 5.41) is 5.33. The van der Waals surface area contributed by atoms with Gasteiger partial charge in [-0.15, -0.1) is 11.8 Å². The van der Waals surface area contributed by atoms with E-state index in [9.17, 15) is 14.0 Å². The van der Waals surface area contributed by atoms with Crippen molar-refractivity contribution in [2.24, 2.45) is 0 Å². The van der Waals surface area contributed by atoms with Crippen LogP contribution in [0.15, 0.2) is 41.3 Å². The van der Waals surface area contributed by atoms with Crippen LogP contribution in [0.5, 0.6) is 0 Å². The number of carbonyl (C=O) groups is 2. The lowest BCUT2D eigenvalue weighted by atomic mass is 10.1. The molecule has 2 N–H and O–H groups in total. The lowest BCUT2D eigenvalue weighted by molar-refractivity contribution is -0.115. The summed E-state index contributed by atoms with van der Waals surface area (Å²) in [6, 6.07) is 9.37. The number of fused-ring (bicyclic) bond motifs is 1. The SMILES string of the molecule is Cc1ccc(F)cc1NC(=O)c1ccc2c(c1)NC(=O)C(C)S2. The van der Waals surface area contributed by atoms with Crippen LogP contribution >= 0.6 is 11.8 Å². The molecule has 1 heterocycles. The van der Waals surface area contributed by atoms with E-state index >= 15 is 0 Å². The molecule has 23 heavy (non-hydrogen) atoms. The summed E-state index contributed by atoms with van der Waals surface area (Å²) in [5.74, 6) is -0.839. The molecule has 2 aromatic rings. The average molecular weight is 330 g/mol. The van der Waals surface area contributed by atoms with Crippen LogP contribution in [-0.2, 0) is 4.79 Å². The molecule has 2 amide bonds. The van der Waals surface area contributed by atoms with E-state index in [0.29, 0.717) is 16.9 Å². The number of benzene rings is 2. The Hall–Kier alpha value is -2.34. The largest absolute Gasteiger partial charge is 0.324 e. The fourth-order valence-corrected chi connectivity index (χ4v) is 3.20. The van der Waals surface area contributed by atoms with Crippen molar-refractivity contribution in [1.82, 2.24) is 0 Å². The van der Waals surface area contributed by atoms with E-state index in [1.807, 2.05) is 13.0 Å². The molecule has 1 unspecified atom stereocenters. The predicted octanol–water partition coefficient (Wildman–Crippen LogP) is 3.82. The van der Waals surface area contributed by atoms with E-state index in [-0.39, 0.29) is 17.1 Å². The summed E-state index contributed by atoms with van der Waals surface area (Å²) in [7, 11) is 0. The zero-order chi connectivity index (χ0) is 16.6. The molecular formula is C17H15FN2O2S. The number of aryl methyl sites for hydroxylation is 1. The fraction of sp³-hybridized carbons (Fsp3) is 0.176. The second kappa shape index (κ2) is 6.04. The van der Waals surface area contributed by atoms with Crippen LogP contribution in [0.1, 0.15) is 22.8 Å². The molecule has 1 aliphatic rings. The predicted molar refractivity (Wildman–Crippen MR) is 89.5 cm³/mol. The van der Waals surface area contributed by atoms with Crippen molar-refractivity contribution in [2.75, 3.05) is 10.6 Å². The smallest absolute Gasteiger partial charge is 0.255 e. The van der Waals surface area contributed by atoms with Crippen LogP contribution in [0.25, 0.3) is 0 Å². The third kappa shape index (κ3) is 3.22. The van der Waals surface area contributed by atoms with Gasteiger partial charge in [0, 0.05) is 16.1 Å². The van der Waals surface area contributed by atoms with Crippen molar-refractivity contribution in [3.05, 3.63) is 53.3 Å². The summed E-state index contributed by atoms with van der Waals surface area (Å²) >= 11 is 1.46.